The fourth-order valence-electron chi connectivity index (χ4n) is 5.88. The van der Waals surface area contributed by atoms with E-state index in [0.717, 1.165) is 24.0 Å². The number of rotatable bonds is 3. The summed E-state index contributed by atoms with van der Waals surface area (Å²) in [6.07, 6.45) is 1.82. The molecule has 6 nitrogen and oxygen atoms in total. The summed E-state index contributed by atoms with van der Waals surface area (Å²) in [7, 11) is 0. The molecule has 3 aliphatic rings. The Hall–Kier alpha value is -2.73. The highest BCUT2D eigenvalue weighted by Gasteiger charge is 2.73. The Morgan fingerprint density at radius 2 is 1.90 bits per heavy atom. The van der Waals surface area contributed by atoms with Crippen molar-refractivity contribution in [1.82, 2.24) is 4.90 Å². The minimum Gasteiger partial charge on any atom is -0.324 e. The first-order valence-electron chi connectivity index (χ1n) is 10.4. The van der Waals surface area contributed by atoms with E-state index in [9.17, 15) is 14.9 Å². The van der Waals surface area contributed by atoms with E-state index < -0.39 is 11.6 Å². The van der Waals surface area contributed by atoms with Crippen molar-refractivity contribution in [2.45, 2.75) is 56.1 Å². The summed E-state index contributed by atoms with van der Waals surface area (Å²) in [5.74, 6) is -0.167. The van der Waals surface area contributed by atoms with Crippen LogP contribution in [0, 0.1) is 10.1 Å². The number of carbonyl (C=O) groups excluding carboxylic acids is 1. The van der Waals surface area contributed by atoms with Gasteiger partial charge in [-0.3, -0.25) is 19.8 Å². The van der Waals surface area contributed by atoms with Crippen LogP contribution in [0.1, 0.15) is 55.2 Å². The predicted molar refractivity (Wildman–Crippen MR) is 111 cm³/mol. The molecule has 0 unspecified atom stereocenters. The highest BCUT2D eigenvalue weighted by atomic mass is 16.6. The van der Waals surface area contributed by atoms with Crippen molar-refractivity contribution >= 4 is 11.6 Å². The molecule has 0 aromatic heterocycles. The lowest BCUT2D eigenvalue weighted by Gasteiger charge is -2.32. The van der Waals surface area contributed by atoms with Gasteiger partial charge >= 0.3 is 0 Å². The normalized spacial score (nSPS) is 30.6. The van der Waals surface area contributed by atoms with Gasteiger partial charge in [0, 0.05) is 28.8 Å². The molecule has 2 fully saturated rings. The van der Waals surface area contributed by atoms with Gasteiger partial charge < -0.3 is 5.32 Å². The number of nitrogens with one attached hydrogen (secondary N) is 1. The maximum Gasteiger partial charge on any atom is 0.256 e. The summed E-state index contributed by atoms with van der Waals surface area (Å²) in [4.78, 5) is 27.8. The van der Waals surface area contributed by atoms with Gasteiger partial charge in [-0.05, 0) is 36.0 Å². The monoisotopic (exact) mass is 391 g/mol. The van der Waals surface area contributed by atoms with E-state index in [-0.39, 0.29) is 22.8 Å². The van der Waals surface area contributed by atoms with Crippen LogP contribution < -0.4 is 5.32 Å². The summed E-state index contributed by atoms with van der Waals surface area (Å²) in [5.41, 5.74) is 2.39. The molecular formula is C23H25N3O3. The Kier molecular flexibility index (Phi) is 4.03. The maximum absolute atomic E-state index is 13.4. The second kappa shape index (κ2) is 6.39. The standard InChI is InChI=1S/C23H25N3O3/c1-14(2)15-9-11-16(12-10-15)20-19-8-5-13-25(19)23(21(20)26(28)29)17-6-3-4-7-18(17)24-22(23)27/h3-4,6-7,9-12,14,19-21H,5,8,13H2,1-2H3,(H,24,27)/t19-,20+,21-,23-/m0/s1. The number of hydrogen-bond acceptors (Lipinski definition) is 4. The molecule has 5 rings (SSSR count). The number of para-hydroxylation sites is 1. The highest BCUT2D eigenvalue weighted by molar-refractivity contribution is 6.07. The largest absolute Gasteiger partial charge is 0.324 e. The van der Waals surface area contributed by atoms with Gasteiger partial charge in [-0.15, -0.1) is 0 Å². The molecule has 0 saturated carbocycles. The molecule has 0 aliphatic carbocycles. The highest BCUT2D eigenvalue weighted by Crippen LogP contribution is 2.57. The van der Waals surface area contributed by atoms with E-state index in [2.05, 4.69) is 36.2 Å². The fraction of sp³-hybridized carbons (Fsp3) is 0.435. The summed E-state index contributed by atoms with van der Waals surface area (Å²) in [6, 6.07) is 14.6. The van der Waals surface area contributed by atoms with E-state index in [1.165, 1.54) is 5.56 Å². The quantitative estimate of drug-likeness (QED) is 0.637. The molecule has 1 spiro atoms. The molecule has 2 aromatic rings. The van der Waals surface area contributed by atoms with Crippen LogP contribution in [-0.2, 0) is 10.3 Å². The smallest absolute Gasteiger partial charge is 0.256 e. The zero-order valence-corrected chi connectivity index (χ0v) is 16.7. The molecule has 3 aliphatic heterocycles. The Bertz CT molecular complexity index is 987. The molecule has 3 heterocycles. The van der Waals surface area contributed by atoms with Gasteiger partial charge in [0.15, 0.2) is 5.54 Å². The van der Waals surface area contributed by atoms with Crippen molar-refractivity contribution in [2.24, 2.45) is 0 Å². The summed E-state index contributed by atoms with van der Waals surface area (Å²) >= 11 is 0. The van der Waals surface area contributed by atoms with Gasteiger partial charge in [-0.2, -0.15) is 0 Å². The first-order valence-corrected chi connectivity index (χ1v) is 10.4. The first-order chi connectivity index (χ1) is 14.0. The van der Waals surface area contributed by atoms with Crippen LogP contribution in [0.2, 0.25) is 0 Å². The second-order valence-corrected chi connectivity index (χ2v) is 8.75. The number of nitro groups is 1. The molecule has 6 heteroatoms. The molecule has 29 heavy (non-hydrogen) atoms. The molecule has 0 radical (unpaired) electrons. The van der Waals surface area contributed by atoms with Crippen LogP contribution in [0.5, 0.6) is 0 Å². The molecule has 2 saturated heterocycles. The van der Waals surface area contributed by atoms with Crippen molar-refractivity contribution in [3.8, 4) is 0 Å². The zero-order chi connectivity index (χ0) is 20.3. The van der Waals surface area contributed by atoms with Gasteiger partial charge in [-0.1, -0.05) is 56.3 Å². The molecule has 1 amide bonds. The third-order valence-corrected chi connectivity index (χ3v) is 7.08. The van der Waals surface area contributed by atoms with Crippen LogP contribution in [-0.4, -0.2) is 34.4 Å². The Morgan fingerprint density at radius 1 is 1.17 bits per heavy atom. The first kappa shape index (κ1) is 18.3. The van der Waals surface area contributed by atoms with Crippen LogP contribution in [0.3, 0.4) is 0 Å². The van der Waals surface area contributed by atoms with E-state index in [4.69, 9.17) is 0 Å². The number of anilines is 1. The SMILES string of the molecule is CC(C)c1ccc([C@H]2[C@H]([N+](=O)[O-])[C@@]3(C(=O)Nc4ccccc43)N3CCC[C@@H]23)cc1. The van der Waals surface area contributed by atoms with E-state index in [1.54, 1.807) is 0 Å². The molecule has 1 N–H and O–H groups in total. The number of fused-ring (bicyclic) bond motifs is 4. The topological polar surface area (TPSA) is 75.5 Å². The van der Waals surface area contributed by atoms with Gasteiger partial charge in [-0.25, -0.2) is 0 Å². The van der Waals surface area contributed by atoms with Crippen molar-refractivity contribution in [2.75, 3.05) is 11.9 Å². The van der Waals surface area contributed by atoms with Crippen molar-refractivity contribution in [3.05, 3.63) is 75.3 Å². The Morgan fingerprint density at radius 3 is 2.59 bits per heavy atom. The average molecular weight is 391 g/mol. The third kappa shape index (κ3) is 2.35. The van der Waals surface area contributed by atoms with Crippen LogP contribution in [0.25, 0.3) is 0 Å². The van der Waals surface area contributed by atoms with E-state index in [1.807, 2.05) is 36.4 Å². The minimum absolute atomic E-state index is 0.00722. The lowest BCUT2D eigenvalue weighted by molar-refractivity contribution is -0.534. The van der Waals surface area contributed by atoms with E-state index >= 15 is 0 Å². The van der Waals surface area contributed by atoms with E-state index in [0.29, 0.717) is 18.2 Å². The lowest BCUT2D eigenvalue weighted by atomic mass is 9.77. The molecule has 150 valence electrons. The lowest BCUT2D eigenvalue weighted by Crippen LogP contribution is -2.55. The average Bonchev–Trinajstić information content (AvgIpc) is 3.35. The molecule has 4 atom stereocenters. The number of nitrogens with zero attached hydrogens (tertiary/aromatic N) is 2. The third-order valence-electron chi connectivity index (χ3n) is 7.08. The van der Waals surface area contributed by atoms with Crippen molar-refractivity contribution in [3.63, 3.8) is 0 Å². The summed E-state index contributed by atoms with van der Waals surface area (Å²) in [6.45, 7) is 4.98. The van der Waals surface area contributed by atoms with Crippen LogP contribution in [0.15, 0.2) is 48.5 Å². The fourth-order valence-corrected chi connectivity index (χ4v) is 5.88. The zero-order valence-electron chi connectivity index (χ0n) is 16.7. The van der Waals surface area contributed by atoms with Crippen LogP contribution >= 0.6 is 0 Å². The van der Waals surface area contributed by atoms with Gasteiger partial charge in [0.05, 0.1) is 5.92 Å². The molecular weight excluding hydrogens is 366 g/mol. The minimum atomic E-state index is -1.23. The number of hydrogen-bond donors (Lipinski definition) is 1. The van der Waals surface area contributed by atoms with Gasteiger partial charge in [0.25, 0.3) is 11.9 Å². The Balaban J connectivity index is 1.70. The second-order valence-electron chi connectivity index (χ2n) is 8.75. The predicted octanol–water partition coefficient (Wildman–Crippen LogP) is 3.86. The number of carbonyl (C=O) groups is 1. The summed E-state index contributed by atoms with van der Waals surface area (Å²) in [5, 5.41) is 15.4. The number of amides is 1. The van der Waals surface area contributed by atoms with Crippen molar-refractivity contribution in [1.29, 1.82) is 0 Å². The molecule has 0 bridgehead atoms. The van der Waals surface area contributed by atoms with Crippen LogP contribution in [0.4, 0.5) is 5.69 Å². The van der Waals surface area contributed by atoms with Gasteiger partial charge in [0.1, 0.15) is 0 Å². The summed E-state index contributed by atoms with van der Waals surface area (Å²) < 4.78 is 0. The van der Waals surface area contributed by atoms with Gasteiger partial charge in [0.2, 0.25) is 0 Å². The van der Waals surface area contributed by atoms with Crippen molar-refractivity contribution < 1.29 is 9.72 Å². The maximum atomic E-state index is 13.4. The molecule has 2 aromatic carbocycles. The Labute approximate surface area is 170 Å². The number of benzene rings is 2.